The van der Waals surface area contributed by atoms with Gasteiger partial charge in [-0.3, -0.25) is 9.59 Å². The van der Waals surface area contributed by atoms with E-state index in [2.05, 4.69) is 11.9 Å². The number of amides is 2. The van der Waals surface area contributed by atoms with Crippen molar-refractivity contribution in [1.82, 2.24) is 10.2 Å². The third-order valence-electron chi connectivity index (χ3n) is 4.04. The Bertz CT molecular complexity index is 598. The van der Waals surface area contributed by atoms with Crippen LogP contribution >= 0.6 is 0 Å². The van der Waals surface area contributed by atoms with Gasteiger partial charge in [-0.15, -0.1) is 0 Å². The molecule has 1 aromatic rings. The van der Waals surface area contributed by atoms with Crippen molar-refractivity contribution in [2.45, 2.75) is 25.8 Å². The van der Waals surface area contributed by atoms with Crippen LogP contribution in [-0.2, 0) is 9.59 Å². The van der Waals surface area contributed by atoms with Gasteiger partial charge in [-0.1, -0.05) is 12.6 Å². The molecule has 1 fully saturated rings. The summed E-state index contributed by atoms with van der Waals surface area (Å²) in [6, 6.07) is 5.71. The minimum absolute atomic E-state index is 0.0314. The molecule has 0 radical (unpaired) electrons. The van der Waals surface area contributed by atoms with E-state index in [1.165, 1.54) is 18.2 Å². The number of hydrogen-bond acceptors (Lipinski definition) is 3. The number of halogens is 1. The molecule has 1 unspecified atom stereocenters. The quantitative estimate of drug-likeness (QED) is 0.811. The van der Waals surface area contributed by atoms with Crippen LogP contribution in [0.1, 0.15) is 19.8 Å². The van der Waals surface area contributed by atoms with E-state index in [9.17, 15) is 14.0 Å². The summed E-state index contributed by atoms with van der Waals surface area (Å²) >= 11 is 0. The Morgan fingerprint density at radius 3 is 2.79 bits per heavy atom. The molecule has 130 valence electrons. The number of carbonyl (C=O) groups excluding carboxylic acids is 2. The van der Waals surface area contributed by atoms with Crippen molar-refractivity contribution in [1.29, 1.82) is 0 Å². The first-order chi connectivity index (χ1) is 11.5. The normalized spacial score (nSPS) is 16.3. The molecule has 0 spiro atoms. The predicted molar refractivity (Wildman–Crippen MR) is 89.0 cm³/mol. The number of piperidine rings is 1. The molecule has 1 aliphatic heterocycles. The highest BCUT2D eigenvalue weighted by Gasteiger charge is 2.27. The first-order valence-electron chi connectivity index (χ1n) is 8.09. The molecule has 1 aromatic carbocycles. The summed E-state index contributed by atoms with van der Waals surface area (Å²) in [5.74, 6) is -0.144. The van der Waals surface area contributed by atoms with E-state index < -0.39 is 0 Å². The van der Waals surface area contributed by atoms with Gasteiger partial charge in [0.05, 0.1) is 6.04 Å². The Balaban J connectivity index is 1.74. The molecule has 5 nitrogen and oxygen atoms in total. The lowest BCUT2D eigenvalue weighted by atomic mass is 9.95. The number of nitrogens with zero attached hydrogens (tertiary/aromatic N) is 1. The number of benzene rings is 1. The second-order valence-corrected chi connectivity index (χ2v) is 5.98. The van der Waals surface area contributed by atoms with E-state index in [4.69, 9.17) is 4.74 Å². The van der Waals surface area contributed by atoms with Gasteiger partial charge in [0.15, 0.2) is 0 Å². The SMILES string of the molecule is C=CC(=O)N1CCC(C(=O)NC(C)COc2cccc(F)c2)CC1. The average Bonchev–Trinajstić information content (AvgIpc) is 2.59. The van der Waals surface area contributed by atoms with Crippen LogP contribution in [0.3, 0.4) is 0 Å². The number of hydrogen-bond donors (Lipinski definition) is 1. The number of ether oxygens (including phenoxy) is 1. The fourth-order valence-corrected chi connectivity index (χ4v) is 2.67. The monoisotopic (exact) mass is 334 g/mol. The molecule has 0 saturated carbocycles. The van der Waals surface area contributed by atoms with E-state index in [1.54, 1.807) is 17.0 Å². The minimum atomic E-state index is -0.356. The van der Waals surface area contributed by atoms with E-state index in [-0.39, 0.29) is 36.2 Å². The van der Waals surface area contributed by atoms with Gasteiger partial charge in [-0.25, -0.2) is 4.39 Å². The summed E-state index contributed by atoms with van der Waals surface area (Å²) in [6.07, 6.45) is 2.58. The summed E-state index contributed by atoms with van der Waals surface area (Å²) in [4.78, 5) is 25.5. The van der Waals surface area contributed by atoms with Crippen molar-refractivity contribution in [2.24, 2.45) is 5.92 Å². The van der Waals surface area contributed by atoms with E-state index >= 15 is 0 Å². The number of carbonyl (C=O) groups is 2. The zero-order chi connectivity index (χ0) is 17.5. The number of nitrogens with one attached hydrogen (secondary N) is 1. The van der Waals surface area contributed by atoms with Gasteiger partial charge in [-0.2, -0.15) is 0 Å². The Kier molecular flexibility index (Phi) is 6.35. The van der Waals surface area contributed by atoms with Crippen LogP contribution in [0.2, 0.25) is 0 Å². The second kappa shape index (κ2) is 8.47. The second-order valence-electron chi connectivity index (χ2n) is 5.98. The molecule has 1 heterocycles. The van der Waals surface area contributed by atoms with Gasteiger partial charge in [0, 0.05) is 25.1 Å². The van der Waals surface area contributed by atoms with Gasteiger partial charge < -0.3 is 15.0 Å². The van der Waals surface area contributed by atoms with Crippen LogP contribution in [0.15, 0.2) is 36.9 Å². The highest BCUT2D eigenvalue weighted by molar-refractivity contribution is 5.87. The fourth-order valence-electron chi connectivity index (χ4n) is 2.67. The Hall–Kier alpha value is -2.37. The Labute approximate surface area is 141 Å². The van der Waals surface area contributed by atoms with Gasteiger partial charge in [0.2, 0.25) is 11.8 Å². The zero-order valence-corrected chi connectivity index (χ0v) is 13.8. The van der Waals surface area contributed by atoms with Crippen LogP contribution < -0.4 is 10.1 Å². The molecule has 0 aliphatic carbocycles. The standard InChI is InChI=1S/C18H23FN2O3/c1-3-17(22)21-9-7-14(8-10-21)18(23)20-13(2)12-24-16-6-4-5-15(19)11-16/h3-6,11,13-14H,1,7-10,12H2,2H3,(H,20,23). The summed E-state index contributed by atoms with van der Waals surface area (Å²) < 4.78 is 18.6. The van der Waals surface area contributed by atoms with Crippen molar-refractivity contribution in [2.75, 3.05) is 19.7 Å². The van der Waals surface area contributed by atoms with Crippen LogP contribution in [-0.4, -0.2) is 42.5 Å². The third kappa shape index (κ3) is 5.08. The van der Waals surface area contributed by atoms with Crippen LogP contribution in [0.25, 0.3) is 0 Å². The summed E-state index contributed by atoms with van der Waals surface area (Å²) in [5, 5.41) is 2.91. The Morgan fingerprint density at radius 2 is 2.17 bits per heavy atom. The molecule has 2 amide bonds. The average molecular weight is 334 g/mol. The van der Waals surface area contributed by atoms with Gasteiger partial charge in [0.1, 0.15) is 18.2 Å². The lowest BCUT2D eigenvalue weighted by molar-refractivity contribution is -0.132. The van der Waals surface area contributed by atoms with Gasteiger partial charge in [-0.05, 0) is 38.0 Å². The summed E-state index contributed by atoms with van der Waals surface area (Å²) in [5.41, 5.74) is 0. The van der Waals surface area contributed by atoms with E-state index in [0.717, 1.165) is 0 Å². The molecule has 1 aliphatic rings. The molecular formula is C18H23FN2O3. The first-order valence-corrected chi connectivity index (χ1v) is 8.09. The summed E-state index contributed by atoms with van der Waals surface area (Å²) in [7, 11) is 0. The first kappa shape index (κ1) is 18.0. The van der Waals surface area contributed by atoms with E-state index in [1.807, 2.05) is 6.92 Å². The van der Waals surface area contributed by atoms with Crippen molar-refractivity contribution >= 4 is 11.8 Å². The fraction of sp³-hybridized carbons (Fsp3) is 0.444. The van der Waals surface area contributed by atoms with E-state index in [0.29, 0.717) is 31.7 Å². The maximum atomic E-state index is 13.1. The molecule has 2 rings (SSSR count). The molecule has 1 atom stereocenters. The van der Waals surface area contributed by atoms with Crippen LogP contribution in [0, 0.1) is 11.7 Å². The minimum Gasteiger partial charge on any atom is -0.491 e. The van der Waals surface area contributed by atoms with Crippen LogP contribution in [0.5, 0.6) is 5.75 Å². The topological polar surface area (TPSA) is 58.6 Å². The van der Waals surface area contributed by atoms with Crippen molar-refractivity contribution in [3.05, 3.63) is 42.7 Å². The molecule has 1 saturated heterocycles. The smallest absolute Gasteiger partial charge is 0.245 e. The maximum Gasteiger partial charge on any atom is 0.245 e. The Morgan fingerprint density at radius 1 is 1.46 bits per heavy atom. The van der Waals surface area contributed by atoms with Gasteiger partial charge in [0.25, 0.3) is 0 Å². The molecule has 1 N–H and O–H groups in total. The zero-order valence-electron chi connectivity index (χ0n) is 13.8. The lowest BCUT2D eigenvalue weighted by Crippen LogP contribution is -2.45. The van der Waals surface area contributed by atoms with Crippen molar-refractivity contribution < 1.29 is 18.7 Å². The molecule has 0 aromatic heterocycles. The van der Waals surface area contributed by atoms with Crippen LogP contribution in [0.4, 0.5) is 4.39 Å². The molecule has 24 heavy (non-hydrogen) atoms. The largest absolute Gasteiger partial charge is 0.491 e. The third-order valence-corrected chi connectivity index (χ3v) is 4.04. The predicted octanol–water partition coefficient (Wildman–Crippen LogP) is 2.13. The molecular weight excluding hydrogens is 311 g/mol. The van der Waals surface area contributed by atoms with Crippen molar-refractivity contribution in [3.63, 3.8) is 0 Å². The number of rotatable bonds is 6. The lowest BCUT2D eigenvalue weighted by Gasteiger charge is -2.31. The van der Waals surface area contributed by atoms with Gasteiger partial charge >= 0.3 is 0 Å². The maximum absolute atomic E-state index is 13.1. The molecule has 0 bridgehead atoms. The molecule has 6 heteroatoms. The highest BCUT2D eigenvalue weighted by atomic mass is 19.1. The van der Waals surface area contributed by atoms with Crippen molar-refractivity contribution in [3.8, 4) is 5.75 Å². The highest BCUT2D eigenvalue weighted by Crippen LogP contribution is 2.18. The number of likely N-dealkylation sites (tertiary alicyclic amines) is 1. The summed E-state index contributed by atoms with van der Waals surface area (Å²) in [6.45, 7) is 6.71.